The molecular weight excluding hydrogens is 358 g/mol. The molecular formula is C22H20NOS2+. The van der Waals surface area contributed by atoms with Crippen LogP contribution in [0, 0.1) is 0 Å². The number of carbonyl (C=O) groups is 1. The van der Waals surface area contributed by atoms with Crippen LogP contribution < -0.4 is 4.90 Å². The molecule has 0 unspecified atom stereocenters. The van der Waals surface area contributed by atoms with E-state index in [1.807, 2.05) is 6.07 Å². The molecule has 0 spiro atoms. The fourth-order valence-corrected chi connectivity index (χ4v) is 4.56. The molecule has 1 aliphatic heterocycles. The first-order valence-corrected chi connectivity index (χ1v) is 10.5. The molecule has 1 fully saturated rings. The predicted octanol–water partition coefficient (Wildman–Crippen LogP) is 3.94. The first kappa shape index (κ1) is 17.2. The molecule has 1 saturated heterocycles. The molecule has 2 nitrogen and oxygen atoms in total. The molecule has 2 aromatic heterocycles. The van der Waals surface area contributed by atoms with Crippen LogP contribution in [-0.4, -0.2) is 18.9 Å². The number of ketones is 1. The molecule has 0 bridgehead atoms. The van der Waals surface area contributed by atoms with Crippen molar-refractivity contribution < 1.29 is 9.69 Å². The van der Waals surface area contributed by atoms with Crippen molar-refractivity contribution >= 4 is 40.6 Å². The summed E-state index contributed by atoms with van der Waals surface area (Å²) in [6.45, 7) is 2.46. The zero-order valence-electron chi connectivity index (χ0n) is 14.4. The van der Waals surface area contributed by atoms with Crippen LogP contribution in [0.2, 0.25) is 0 Å². The number of nitrogens with one attached hydrogen (secondary N) is 1. The third-order valence-electron chi connectivity index (χ3n) is 4.53. The van der Waals surface area contributed by atoms with Gasteiger partial charge >= 0.3 is 0 Å². The number of benzene rings is 1. The van der Waals surface area contributed by atoms with Crippen LogP contribution in [0.3, 0.4) is 0 Å². The van der Waals surface area contributed by atoms with Crippen molar-refractivity contribution in [2.45, 2.75) is 6.54 Å². The van der Waals surface area contributed by atoms with E-state index in [9.17, 15) is 4.79 Å². The summed E-state index contributed by atoms with van der Waals surface area (Å²) in [4.78, 5) is 14.4. The van der Waals surface area contributed by atoms with E-state index >= 15 is 0 Å². The summed E-state index contributed by atoms with van der Waals surface area (Å²) in [7, 11) is 0. The molecule has 1 N–H and O–H groups in total. The van der Waals surface area contributed by atoms with E-state index in [0.29, 0.717) is 0 Å². The highest BCUT2D eigenvalue weighted by atomic mass is 32.1. The van der Waals surface area contributed by atoms with E-state index in [-0.39, 0.29) is 5.78 Å². The molecule has 1 aromatic carbocycles. The Hall–Kier alpha value is -2.27. The van der Waals surface area contributed by atoms with Gasteiger partial charge in [-0.25, -0.2) is 0 Å². The maximum Gasteiger partial charge on any atom is 0.196 e. The fourth-order valence-electron chi connectivity index (χ4n) is 3.33. The van der Waals surface area contributed by atoms with Crippen LogP contribution in [0.25, 0.3) is 12.2 Å². The van der Waals surface area contributed by atoms with Gasteiger partial charge in [0.1, 0.15) is 19.6 Å². The van der Waals surface area contributed by atoms with Gasteiger partial charge in [-0.05, 0) is 56.9 Å². The smallest absolute Gasteiger partial charge is 0.196 e. The topological polar surface area (TPSA) is 21.5 Å². The number of thiophene rings is 2. The minimum Gasteiger partial charge on any atom is -0.323 e. The maximum absolute atomic E-state index is 13.0. The van der Waals surface area contributed by atoms with Gasteiger partial charge in [0.25, 0.3) is 0 Å². The van der Waals surface area contributed by atoms with Crippen LogP contribution in [0.5, 0.6) is 0 Å². The third kappa shape index (κ3) is 4.10. The molecule has 0 aliphatic carbocycles. The second kappa shape index (κ2) is 7.96. The Balaban J connectivity index is 1.64. The molecule has 4 heteroatoms. The summed E-state index contributed by atoms with van der Waals surface area (Å²) in [5.41, 5.74) is 5.36. The Kier molecular flexibility index (Phi) is 5.25. The van der Waals surface area contributed by atoms with Crippen molar-refractivity contribution in [3.63, 3.8) is 0 Å². The maximum atomic E-state index is 13.0. The largest absolute Gasteiger partial charge is 0.323 e. The molecule has 3 heterocycles. The van der Waals surface area contributed by atoms with Crippen LogP contribution in [0.1, 0.15) is 16.7 Å². The summed E-state index contributed by atoms with van der Waals surface area (Å²) in [5, 5.41) is 8.29. The lowest BCUT2D eigenvalue weighted by molar-refractivity contribution is -0.904. The van der Waals surface area contributed by atoms with Crippen molar-refractivity contribution in [3.05, 3.63) is 91.8 Å². The molecule has 0 atom stereocenters. The average molecular weight is 379 g/mol. The second-order valence-electron chi connectivity index (χ2n) is 6.55. The van der Waals surface area contributed by atoms with Crippen LogP contribution in [0.4, 0.5) is 0 Å². The average Bonchev–Trinajstić information content (AvgIpc) is 3.34. The fraction of sp³-hybridized carbons (Fsp3) is 0.136. The van der Waals surface area contributed by atoms with Crippen molar-refractivity contribution in [1.29, 1.82) is 0 Å². The number of rotatable bonds is 4. The van der Waals surface area contributed by atoms with Gasteiger partial charge in [-0.3, -0.25) is 4.79 Å². The molecule has 3 aromatic rings. The summed E-state index contributed by atoms with van der Waals surface area (Å²) >= 11 is 3.32. The number of carbonyl (C=O) groups excluding carboxylic acids is 1. The summed E-state index contributed by atoms with van der Waals surface area (Å²) in [6.07, 6.45) is 4.12. The molecule has 0 amide bonds. The van der Waals surface area contributed by atoms with Gasteiger partial charge in [0, 0.05) is 5.56 Å². The van der Waals surface area contributed by atoms with E-state index in [4.69, 9.17) is 0 Å². The Bertz CT molecular complexity index is 866. The highest BCUT2D eigenvalue weighted by Crippen LogP contribution is 2.18. The van der Waals surface area contributed by atoms with E-state index in [0.717, 1.165) is 41.9 Å². The van der Waals surface area contributed by atoms with Crippen LogP contribution in [0.15, 0.2) is 75.1 Å². The van der Waals surface area contributed by atoms with Crippen LogP contribution in [-0.2, 0) is 11.3 Å². The minimum atomic E-state index is 0.194. The summed E-state index contributed by atoms with van der Waals surface area (Å²) < 4.78 is 0. The van der Waals surface area contributed by atoms with Gasteiger partial charge in [-0.2, -0.15) is 22.7 Å². The van der Waals surface area contributed by atoms with Crippen molar-refractivity contribution in [2.24, 2.45) is 0 Å². The first-order valence-electron chi connectivity index (χ1n) is 8.66. The normalized spacial score (nSPS) is 20.8. The number of Topliss-reactive ketones (excluding diaryl/α,β-unsaturated/α-hetero) is 1. The van der Waals surface area contributed by atoms with E-state index in [1.165, 1.54) is 10.5 Å². The zero-order chi connectivity index (χ0) is 17.8. The van der Waals surface area contributed by atoms with Gasteiger partial charge < -0.3 is 4.90 Å². The van der Waals surface area contributed by atoms with Gasteiger partial charge in [0.15, 0.2) is 5.78 Å². The highest BCUT2D eigenvalue weighted by Gasteiger charge is 2.29. The lowest BCUT2D eigenvalue weighted by Crippen LogP contribution is -3.12. The first-order chi connectivity index (χ1) is 12.8. The SMILES string of the molecule is O=C1C(=Cc2ccsc2)C[NH+](Cc2ccccc2)CC1=Cc1ccsc1. The second-order valence-corrected chi connectivity index (χ2v) is 8.11. The van der Waals surface area contributed by atoms with E-state index in [1.54, 1.807) is 22.7 Å². The van der Waals surface area contributed by atoms with Crippen LogP contribution >= 0.6 is 22.7 Å². The summed E-state index contributed by atoms with van der Waals surface area (Å²) in [6, 6.07) is 14.7. The minimum absolute atomic E-state index is 0.194. The van der Waals surface area contributed by atoms with E-state index in [2.05, 4.69) is 70.1 Å². The van der Waals surface area contributed by atoms with Gasteiger partial charge in [-0.15, -0.1) is 0 Å². The van der Waals surface area contributed by atoms with Gasteiger partial charge in [0.2, 0.25) is 0 Å². The molecule has 26 heavy (non-hydrogen) atoms. The Morgan fingerprint density at radius 3 is 1.92 bits per heavy atom. The lowest BCUT2D eigenvalue weighted by atomic mass is 9.94. The highest BCUT2D eigenvalue weighted by molar-refractivity contribution is 7.08. The Labute approximate surface area is 161 Å². The van der Waals surface area contributed by atoms with Crippen molar-refractivity contribution in [2.75, 3.05) is 13.1 Å². The monoisotopic (exact) mass is 378 g/mol. The molecule has 0 saturated carbocycles. The quantitative estimate of drug-likeness (QED) is 0.682. The van der Waals surface area contributed by atoms with Gasteiger partial charge in [-0.1, -0.05) is 30.3 Å². The molecule has 0 radical (unpaired) electrons. The van der Waals surface area contributed by atoms with E-state index < -0.39 is 0 Å². The number of piperidine rings is 1. The molecule has 4 rings (SSSR count). The number of quaternary nitrogens is 1. The summed E-state index contributed by atoms with van der Waals surface area (Å²) in [5.74, 6) is 0.194. The number of hydrogen-bond donors (Lipinski definition) is 1. The lowest BCUT2D eigenvalue weighted by Gasteiger charge is -2.27. The van der Waals surface area contributed by atoms with Crippen molar-refractivity contribution in [1.82, 2.24) is 0 Å². The Morgan fingerprint density at radius 2 is 1.42 bits per heavy atom. The number of likely N-dealkylation sites (tertiary alicyclic amines) is 1. The molecule has 1 aliphatic rings. The third-order valence-corrected chi connectivity index (χ3v) is 5.93. The number of hydrogen-bond acceptors (Lipinski definition) is 3. The van der Waals surface area contributed by atoms with Crippen molar-refractivity contribution in [3.8, 4) is 0 Å². The zero-order valence-corrected chi connectivity index (χ0v) is 16.0. The predicted molar refractivity (Wildman–Crippen MR) is 110 cm³/mol. The Morgan fingerprint density at radius 1 is 0.846 bits per heavy atom. The van der Waals surface area contributed by atoms with Gasteiger partial charge in [0.05, 0.1) is 11.1 Å². The standard InChI is InChI=1S/C22H19NOS2/c24-22-20(10-18-6-8-25-15-18)13-23(12-17-4-2-1-3-5-17)14-21(22)11-19-7-9-26-16-19/h1-11,15-16H,12-14H2/p+1. The molecule has 130 valence electrons.